The zero-order chi connectivity index (χ0) is 25.3. The highest BCUT2D eigenvalue weighted by Crippen LogP contribution is 2.33. The van der Waals surface area contributed by atoms with E-state index in [0.717, 1.165) is 0 Å². The Morgan fingerprint density at radius 1 is 0.943 bits per heavy atom. The van der Waals surface area contributed by atoms with Crippen LogP contribution in [0.5, 0.6) is 0 Å². The molecule has 0 spiro atoms. The Hall–Kier alpha value is -3.33. The maximum absolute atomic E-state index is 13.7. The van der Waals surface area contributed by atoms with E-state index in [4.69, 9.17) is 32.4 Å². The fourth-order valence-electron chi connectivity index (χ4n) is 3.58. The first-order valence-corrected chi connectivity index (χ1v) is 12.6. The Labute approximate surface area is 211 Å². The van der Waals surface area contributed by atoms with Crippen molar-refractivity contribution in [3.8, 4) is 0 Å². The second-order valence-corrected chi connectivity index (χ2v) is 10.1. The molecule has 7 nitrogen and oxygen atoms in total. The van der Waals surface area contributed by atoms with Gasteiger partial charge in [-0.3, -0.25) is 4.79 Å². The predicted octanol–water partition coefficient (Wildman–Crippen LogP) is 6.26. The third-order valence-electron chi connectivity index (χ3n) is 5.19. The van der Waals surface area contributed by atoms with Gasteiger partial charge in [0.25, 0.3) is 15.9 Å². The van der Waals surface area contributed by atoms with Gasteiger partial charge in [0.1, 0.15) is 16.9 Å². The SMILES string of the molecule is CCOC(=O)c1c(C)oc2ccc(N(C(=O)c3ccc(Cl)cc3)S(=O)(=O)c3ccc(Cl)cc3)cc12. The van der Waals surface area contributed by atoms with Crippen molar-refractivity contribution in [3.63, 3.8) is 0 Å². The number of carbonyl (C=O) groups is 2. The predicted molar refractivity (Wildman–Crippen MR) is 134 cm³/mol. The Morgan fingerprint density at radius 2 is 1.54 bits per heavy atom. The fourth-order valence-corrected chi connectivity index (χ4v) is 5.24. The second kappa shape index (κ2) is 9.73. The number of sulfonamides is 1. The molecule has 35 heavy (non-hydrogen) atoms. The van der Waals surface area contributed by atoms with Gasteiger partial charge in [-0.2, -0.15) is 4.31 Å². The minimum absolute atomic E-state index is 0.0127. The minimum atomic E-state index is -4.39. The molecule has 0 saturated carbocycles. The molecule has 0 N–H and O–H groups in total. The smallest absolute Gasteiger partial charge is 0.342 e. The van der Waals surface area contributed by atoms with Crippen molar-refractivity contribution in [1.29, 1.82) is 0 Å². The Kier molecular flexibility index (Phi) is 6.89. The summed E-state index contributed by atoms with van der Waals surface area (Å²) in [5.41, 5.74) is 0.614. The molecule has 0 aliphatic heterocycles. The van der Waals surface area contributed by atoms with Crippen LogP contribution in [0.3, 0.4) is 0 Å². The fraction of sp³-hybridized carbons (Fsp3) is 0.120. The van der Waals surface area contributed by atoms with Gasteiger partial charge in [-0.15, -0.1) is 0 Å². The van der Waals surface area contributed by atoms with E-state index in [9.17, 15) is 18.0 Å². The number of ether oxygens (including phenoxy) is 1. The van der Waals surface area contributed by atoms with Crippen LogP contribution in [0.25, 0.3) is 11.0 Å². The van der Waals surface area contributed by atoms with Crippen molar-refractivity contribution in [3.05, 3.63) is 93.7 Å². The van der Waals surface area contributed by atoms with E-state index in [-0.39, 0.29) is 28.3 Å². The number of rotatable bonds is 6. The van der Waals surface area contributed by atoms with Crippen LogP contribution >= 0.6 is 23.2 Å². The first-order chi connectivity index (χ1) is 16.6. The van der Waals surface area contributed by atoms with Gasteiger partial charge in [-0.1, -0.05) is 23.2 Å². The number of aryl methyl sites for hydroxylation is 1. The van der Waals surface area contributed by atoms with Gasteiger partial charge >= 0.3 is 5.97 Å². The number of carbonyl (C=O) groups excluding carboxylic acids is 2. The first kappa shape index (κ1) is 24.8. The highest BCUT2D eigenvalue weighted by molar-refractivity contribution is 7.93. The Morgan fingerprint density at radius 3 is 2.14 bits per heavy atom. The summed E-state index contributed by atoms with van der Waals surface area (Å²) in [4.78, 5) is 26.0. The molecule has 0 saturated heterocycles. The second-order valence-electron chi connectivity index (χ2n) is 7.47. The summed E-state index contributed by atoms with van der Waals surface area (Å²) in [6.07, 6.45) is 0. The van der Waals surface area contributed by atoms with E-state index >= 15 is 0 Å². The molecule has 0 aliphatic rings. The number of nitrogens with zero attached hydrogens (tertiary/aromatic N) is 1. The van der Waals surface area contributed by atoms with Gasteiger partial charge in [0, 0.05) is 21.0 Å². The quantitative estimate of drug-likeness (QED) is 0.272. The van der Waals surface area contributed by atoms with Crippen LogP contribution in [0, 0.1) is 6.92 Å². The van der Waals surface area contributed by atoms with Gasteiger partial charge in [0.15, 0.2) is 0 Å². The van der Waals surface area contributed by atoms with Crippen LogP contribution in [0.2, 0.25) is 10.0 Å². The lowest BCUT2D eigenvalue weighted by Crippen LogP contribution is -2.37. The van der Waals surface area contributed by atoms with Crippen LogP contribution in [0.4, 0.5) is 5.69 Å². The van der Waals surface area contributed by atoms with Crippen molar-refractivity contribution in [2.45, 2.75) is 18.7 Å². The van der Waals surface area contributed by atoms with Crippen molar-refractivity contribution in [2.75, 3.05) is 10.9 Å². The van der Waals surface area contributed by atoms with E-state index < -0.39 is 21.9 Å². The number of halogens is 2. The number of benzene rings is 3. The molecule has 1 aromatic heterocycles. The normalized spacial score (nSPS) is 11.4. The summed E-state index contributed by atoms with van der Waals surface area (Å²) in [5.74, 6) is -1.11. The lowest BCUT2D eigenvalue weighted by atomic mass is 10.1. The summed E-state index contributed by atoms with van der Waals surface area (Å²) >= 11 is 11.9. The summed E-state index contributed by atoms with van der Waals surface area (Å²) in [6.45, 7) is 3.43. The van der Waals surface area contributed by atoms with Crippen molar-refractivity contribution in [2.24, 2.45) is 0 Å². The number of esters is 1. The number of hydrogen-bond acceptors (Lipinski definition) is 6. The molecule has 4 rings (SSSR count). The topological polar surface area (TPSA) is 93.9 Å². The van der Waals surface area contributed by atoms with E-state index in [2.05, 4.69) is 0 Å². The third-order valence-corrected chi connectivity index (χ3v) is 7.42. The van der Waals surface area contributed by atoms with Gasteiger partial charge in [-0.05, 0) is 80.6 Å². The van der Waals surface area contributed by atoms with Crippen molar-refractivity contribution < 1.29 is 27.2 Å². The molecule has 1 amide bonds. The van der Waals surface area contributed by atoms with E-state index in [0.29, 0.717) is 31.1 Å². The summed E-state index contributed by atoms with van der Waals surface area (Å²) in [5, 5.41) is 1.05. The molecule has 3 aromatic carbocycles. The average Bonchev–Trinajstić information content (AvgIpc) is 3.15. The van der Waals surface area contributed by atoms with Gasteiger partial charge in [-0.25, -0.2) is 13.2 Å². The monoisotopic (exact) mass is 531 g/mol. The van der Waals surface area contributed by atoms with Crippen LogP contribution in [0.15, 0.2) is 76.0 Å². The van der Waals surface area contributed by atoms with Crippen LogP contribution in [-0.2, 0) is 14.8 Å². The molecule has 0 fully saturated rings. The molecule has 1 heterocycles. The van der Waals surface area contributed by atoms with Crippen LogP contribution in [-0.4, -0.2) is 26.9 Å². The van der Waals surface area contributed by atoms with Crippen molar-refractivity contribution in [1.82, 2.24) is 0 Å². The van der Waals surface area contributed by atoms with Crippen molar-refractivity contribution >= 4 is 61.8 Å². The zero-order valence-corrected chi connectivity index (χ0v) is 20.9. The van der Waals surface area contributed by atoms with Gasteiger partial charge < -0.3 is 9.15 Å². The highest BCUT2D eigenvalue weighted by Gasteiger charge is 2.33. The highest BCUT2D eigenvalue weighted by atomic mass is 35.5. The molecule has 0 bridgehead atoms. The lowest BCUT2D eigenvalue weighted by molar-refractivity contribution is 0.0526. The average molecular weight is 532 g/mol. The van der Waals surface area contributed by atoms with E-state index in [1.807, 2.05) is 0 Å². The number of fused-ring (bicyclic) bond motifs is 1. The molecular weight excluding hydrogens is 513 g/mol. The maximum Gasteiger partial charge on any atom is 0.342 e. The zero-order valence-electron chi connectivity index (χ0n) is 18.6. The number of anilines is 1. The number of furan rings is 1. The number of amides is 1. The molecule has 10 heteroatoms. The van der Waals surface area contributed by atoms with Gasteiger partial charge in [0.05, 0.1) is 17.2 Å². The van der Waals surface area contributed by atoms with E-state index in [1.54, 1.807) is 13.8 Å². The molecular formula is C25H19Cl2NO6S. The summed E-state index contributed by atoms with van der Waals surface area (Å²) in [7, 11) is -4.39. The van der Waals surface area contributed by atoms with Crippen LogP contribution < -0.4 is 4.31 Å². The summed E-state index contributed by atoms with van der Waals surface area (Å²) in [6, 6.07) is 15.6. The molecule has 0 atom stereocenters. The maximum atomic E-state index is 13.7. The van der Waals surface area contributed by atoms with Gasteiger partial charge in [0.2, 0.25) is 0 Å². The minimum Gasteiger partial charge on any atom is -0.462 e. The molecule has 180 valence electrons. The van der Waals surface area contributed by atoms with E-state index in [1.165, 1.54) is 66.7 Å². The van der Waals surface area contributed by atoms with Crippen LogP contribution in [0.1, 0.15) is 33.4 Å². The Balaban J connectivity index is 1.93. The molecule has 0 radical (unpaired) electrons. The third kappa shape index (κ3) is 4.77. The molecule has 4 aromatic rings. The summed E-state index contributed by atoms with van der Waals surface area (Å²) < 4.78 is 38.9. The Bertz CT molecular complexity index is 1530. The molecule has 0 unspecified atom stereocenters. The largest absolute Gasteiger partial charge is 0.462 e. The standard InChI is InChI=1S/C25H19Cl2NO6S/c1-3-33-25(30)23-15(2)34-22-13-10-19(14-21(22)23)28(24(29)16-4-6-17(26)7-5-16)35(31,32)20-11-8-18(27)9-12-20/h4-14H,3H2,1-2H3. The lowest BCUT2D eigenvalue weighted by Gasteiger charge is -2.23. The number of hydrogen-bond donors (Lipinski definition) is 0. The molecule has 0 aliphatic carbocycles. The first-order valence-electron chi connectivity index (χ1n) is 10.4.